The number of fused-ring (bicyclic) bond motifs is 2. The SMILES string of the molecule is O=C1OC2(CCN(S(=O)(=O)c3cccc(-c4ccc(Cl)cc4)c3)CC2)c2ccccc21. The summed E-state index contributed by atoms with van der Waals surface area (Å²) in [5.74, 6) is -0.331. The van der Waals surface area contributed by atoms with Gasteiger partial charge in [-0.3, -0.25) is 0 Å². The van der Waals surface area contributed by atoms with E-state index in [2.05, 4.69) is 0 Å². The molecule has 5 rings (SSSR count). The minimum absolute atomic E-state index is 0.250. The lowest BCUT2D eigenvalue weighted by atomic mass is 9.84. The molecule has 0 aromatic heterocycles. The number of carbonyl (C=O) groups is 1. The van der Waals surface area contributed by atoms with E-state index in [-0.39, 0.29) is 24.0 Å². The molecule has 2 aliphatic heterocycles. The number of esters is 1. The van der Waals surface area contributed by atoms with Crippen LogP contribution in [0.3, 0.4) is 0 Å². The van der Waals surface area contributed by atoms with Gasteiger partial charge >= 0.3 is 5.97 Å². The third-order valence-electron chi connectivity index (χ3n) is 6.11. The van der Waals surface area contributed by atoms with Gasteiger partial charge in [0.25, 0.3) is 0 Å². The number of halogens is 1. The van der Waals surface area contributed by atoms with Crippen molar-refractivity contribution in [2.24, 2.45) is 0 Å². The molecular formula is C24H20ClNO4S. The van der Waals surface area contributed by atoms with Gasteiger partial charge in [0.1, 0.15) is 5.60 Å². The summed E-state index contributed by atoms with van der Waals surface area (Å²) >= 11 is 5.96. The van der Waals surface area contributed by atoms with Gasteiger partial charge in [0.05, 0.1) is 10.5 Å². The molecule has 0 saturated carbocycles. The van der Waals surface area contributed by atoms with E-state index in [9.17, 15) is 13.2 Å². The number of sulfonamides is 1. The van der Waals surface area contributed by atoms with Crippen molar-refractivity contribution in [2.45, 2.75) is 23.3 Å². The second-order valence-corrected chi connectivity index (χ2v) is 10.2. The summed E-state index contributed by atoms with van der Waals surface area (Å²) in [5.41, 5.74) is 2.42. The van der Waals surface area contributed by atoms with Crippen molar-refractivity contribution in [2.75, 3.05) is 13.1 Å². The van der Waals surface area contributed by atoms with Crippen LogP contribution in [0.1, 0.15) is 28.8 Å². The Morgan fingerprint density at radius 1 is 0.871 bits per heavy atom. The molecule has 2 heterocycles. The molecule has 5 nitrogen and oxygen atoms in total. The predicted molar refractivity (Wildman–Crippen MR) is 118 cm³/mol. The minimum Gasteiger partial charge on any atom is -0.450 e. The van der Waals surface area contributed by atoms with Gasteiger partial charge in [0, 0.05) is 36.5 Å². The van der Waals surface area contributed by atoms with Gasteiger partial charge < -0.3 is 4.74 Å². The Morgan fingerprint density at radius 3 is 2.32 bits per heavy atom. The average molecular weight is 454 g/mol. The van der Waals surface area contributed by atoms with E-state index in [1.54, 1.807) is 36.4 Å². The molecule has 0 unspecified atom stereocenters. The summed E-state index contributed by atoms with van der Waals surface area (Å²) in [5, 5.41) is 0.629. The smallest absolute Gasteiger partial charge is 0.339 e. The lowest BCUT2D eigenvalue weighted by Gasteiger charge is -2.37. The Bertz CT molecular complexity index is 1260. The zero-order chi connectivity index (χ0) is 21.6. The molecule has 1 spiro atoms. The van der Waals surface area contributed by atoms with Crippen molar-refractivity contribution in [3.05, 3.63) is 88.9 Å². The highest BCUT2D eigenvalue weighted by Crippen LogP contribution is 2.44. The van der Waals surface area contributed by atoms with E-state index in [1.807, 2.05) is 36.4 Å². The fraction of sp³-hybridized carbons (Fsp3) is 0.208. The van der Waals surface area contributed by atoms with Crippen LogP contribution in [0.2, 0.25) is 5.02 Å². The van der Waals surface area contributed by atoms with E-state index < -0.39 is 15.6 Å². The number of carbonyl (C=O) groups excluding carboxylic acids is 1. The van der Waals surface area contributed by atoms with E-state index in [0.29, 0.717) is 23.4 Å². The van der Waals surface area contributed by atoms with Gasteiger partial charge in [0.2, 0.25) is 10.0 Å². The second-order valence-electron chi connectivity index (χ2n) is 7.87. The topological polar surface area (TPSA) is 63.7 Å². The number of hydrogen-bond acceptors (Lipinski definition) is 4. The number of ether oxygens (including phenoxy) is 1. The molecule has 0 bridgehead atoms. The summed E-state index contributed by atoms with van der Waals surface area (Å²) < 4.78 is 33.9. The average Bonchev–Trinajstić information content (AvgIpc) is 3.06. The van der Waals surface area contributed by atoms with Gasteiger partial charge in [-0.1, -0.05) is 54.1 Å². The number of piperidine rings is 1. The first-order valence-corrected chi connectivity index (χ1v) is 11.9. The first-order valence-electron chi connectivity index (χ1n) is 10.1. The van der Waals surface area contributed by atoms with E-state index in [0.717, 1.165) is 16.7 Å². The molecule has 0 radical (unpaired) electrons. The first kappa shape index (κ1) is 20.2. The fourth-order valence-corrected chi connectivity index (χ4v) is 6.05. The molecular weight excluding hydrogens is 434 g/mol. The van der Waals surface area contributed by atoms with E-state index in [1.165, 1.54) is 4.31 Å². The van der Waals surface area contributed by atoms with Crippen LogP contribution in [0.4, 0.5) is 0 Å². The first-order chi connectivity index (χ1) is 14.9. The highest BCUT2D eigenvalue weighted by molar-refractivity contribution is 7.89. The highest BCUT2D eigenvalue weighted by atomic mass is 35.5. The quantitative estimate of drug-likeness (QED) is 0.531. The molecule has 0 atom stereocenters. The highest BCUT2D eigenvalue weighted by Gasteiger charge is 2.48. The molecule has 3 aromatic carbocycles. The van der Waals surface area contributed by atoms with Crippen LogP contribution in [0.15, 0.2) is 77.7 Å². The lowest BCUT2D eigenvalue weighted by Crippen LogP contribution is -2.45. The maximum atomic E-state index is 13.3. The summed E-state index contributed by atoms with van der Waals surface area (Å²) in [7, 11) is -3.67. The Labute approximate surface area is 186 Å². The van der Waals surface area contributed by atoms with Crippen molar-refractivity contribution in [1.29, 1.82) is 0 Å². The Kier molecular flexibility index (Phi) is 4.88. The minimum atomic E-state index is -3.67. The Balaban J connectivity index is 1.39. The molecule has 3 aromatic rings. The zero-order valence-electron chi connectivity index (χ0n) is 16.6. The third-order valence-corrected chi connectivity index (χ3v) is 8.25. The fourth-order valence-electron chi connectivity index (χ4n) is 4.43. The summed E-state index contributed by atoms with van der Waals surface area (Å²) in [6, 6.07) is 21.6. The van der Waals surface area contributed by atoms with Crippen LogP contribution in [-0.2, 0) is 20.4 Å². The van der Waals surface area contributed by atoms with Crippen molar-refractivity contribution < 1.29 is 17.9 Å². The van der Waals surface area contributed by atoms with Crippen LogP contribution in [0.25, 0.3) is 11.1 Å². The van der Waals surface area contributed by atoms with E-state index >= 15 is 0 Å². The molecule has 2 aliphatic rings. The van der Waals surface area contributed by atoms with E-state index in [4.69, 9.17) is 16.3 Å². The van der Waals surface area contributed by atoms with Gasteiger partial charge in [0.15, 0.2) is 0 Å². The number of nitrogens with zero attached hydrogens (tertiary/aromatic N) is 1. The van der Waals surface area contributed by atoms with Gasteiger partial charge in [-0.15, -0.1) is 0 Å². The molecule has 158 valence electrons. The molecule has 1 fully saturated rings. The zero-order valence-corrected chi connectivity index (χ0v) is 18.2. The van der Waals surface area contributed by atoms with Crippen LogP contribution in [0.5, 0.6) is 0 Å². The van der Waals surface area contributed by atoms with Crippen LogP contribution in [0, 0.1) is 0 Å². The standard InChI is InChI=1S/C24H20ClNO4S/c25-19-10-8-17(9-11-19)18-4-3-5-20(16-18)31(28,29)26-14-12-24(13-15-26)22-7-2-1-6-21(22)23(27)30-24/h1-11,16H,12-15H2. The normalized spacial score (nSPS) is 18.0. The number of benzene rings is 3. The number of hydrogen-bond donors (Lipinski definition) is 0. The summed E-state index contributed by atoms with van der Waals surface area (Å²) in [4.78, 5) is 12.5. The molecule has 0 aliphatic carbocycles. The van der Waals surface area contributed by atoms with Gasteiger partial charge in [-0.2, -0.15) is 4.31 Å². The van der Waals surface area contributed by atoms with Crippen molar-refractivity contribution in [1.82, 2.24) is 4.31 Å². The molecule has 1 saturated heterocycles. The van der Waals surface area contributed by atoms with Gasteiger partial charge in [-0.25, -0.2) is 13.2 Å². The van der Waals surface area contributed by atoms with Crippen LogP contribution >= 0.6 is 11.6 Å². The Morgan fingerprint density at radius 2 is 1.58 bits per heavy atom. The summed E-state index contributed by atoms with van der Waals surface area (Å²) in [6.45, 7) is 0.574. The van der Waals surface area contributed by atoms with Crippen molar-refractivity contribution in [3.63, 3.8) is 0 Å². The lowest BCUT2D eigenvalue weighted by molar-refractivity contribution is -0.0329. The molecule has 7 heteroatoms. The largest absolute Gasteiger partial charge is 0.450 e. The Hall–Kier alpha value is -2.67. The molecule has 31 heavy (non-hydrogen) atoms. The predicted octanol–water partition coefficient (Wildman–Crippen LogP) is 4.86. The third kappa shape index (κ3) is 3.45. The van der Waals surface area contributed by atoms with Crippen molar-refractivity contribution >= 4 is 27.6 Å². The van der Waals surface area contributed by atoms with Crippen LogP contribution < -0.4 is 0 Å². The molecule has 0 N–H and O–H groups in total. The van der Waals surface area contributed by atoms with Crippen LogP contribution in [-0.4, -0.2) is 31.8 Å². The monoisotopic (exact) mass is 453 g/mol. The summed E-state index contributed by atoms with van der Waals surface area (Å²) in [6.07, 6.45) is 0.873. The maximum absolute atomic E-state index is 13.3. The second kappa shape index (κ2) is 7.48. The number of rotatable bonds is 3. The maximum Gasteiger partial charge on any atom is 0.339 e. The van der Waals surface area contributed by atoms with Crippen molar-refractivity contribution in [3.8, 4) is 11.1 Å². The molecule has 0 amide bonds. The van der Waals surface area contributed by atoms with Gasteiger partial charge in [-0.05, 0) is 41.5 Å².